The van der Waals surface area contributed by atoms with Gasteiger partial charge in [0.1, 0.15) is 0 Å². The number of nitrogens with zero attached hydrogens (tertiary/aromatic N) is 1. The van der Waals surface area contributed by atoms with Gasteiger partial charge in [-0.1, -0.05) is 60.1 Å². The molecule has 0 aliphatic rings. The number of hydrogen-bond acceptors (Lipinski definition) is 1. The fraction of sp³-hybridized carbons (Fsp3) is 0.100. The van der Waals surface area contributed by atoms with E-state index in [1.54, 1.807) is 0 Å². The first-order valence-electron chi connectivity index (χ1n) is 7.77. The van der Waals surface area contributed by atoms with Crippen LogP contribution in [0, 0.1) is 0 Å². The minimum atomic E-state index is -0.0508. The van der Waals surface area contributed by atoms with Crippen molar-refractivity contribution in [3.8, 4) is 11.1 Å². The monoisotopic (exact) mass is 337 g/mol. The molecule has 0 atom stereocenters. The number of pyridine rings is 1. The molecule has 3 nitrogen and oxygen atoms in total. The zero-order valence-electron chi connectivity index (χ0n) is 13.2. The summed E-state index contributed by atoms with van der Waals surface area (Å²) < 4.78 is 1.88. The summed E-state index contributed by atoms with van der Waals surface area (Å²) in [7, 11) is 0. The van der Waals surface area contributed by atoms with Gasteiger partial charge in [-0.05, 0) is 23.3 Å². The van der Waals surface area contributed by atoms with Gasteiger partial charge in [0.2, 0.25) is 6.54 Å². The lowest BCUT2D eigenvalue weighted by molar-refractivity contribution is -0.684. The topological polar surface area (TPSA) is 33.0 Å². The summed E-state index contributed by atoms with van der Waals surface area (Å²) in [5.74, 6) is -0.0508. The average Bonchev–Trinajstić information content (AvgIpc) is 2.62. The summed E-state index contributed by atoms with van der Waals surface area (Å²) >= 11 is 6.10. The normalized spacial score (nSPS) is 10.4. The molecule has 1 amide bonds. The van der Waals surface area contributed by atoms with Gasteiger partial charge in [-0.15, -0.1) is 0 Å². The van der Waals surface area contributed by atoms with E-state index in [1.165, 1.54) is 0 Å². The smallest absolute Gasteiger partial charge is 0.286 e. The van der Waals surface area contributed by atoms with Crippen molar-refractivity contribution in [2.45, 2.75) is 13.1 Å². The molecule has 4 heteroatoms. The Labute approximate surface area is 146 Å². The van der Waals surface area contributed by atoms with Crippen molar-refractivity contribution in [1.29, 1.82) is 0 Å². The second-order valence-electron chi connectivity index (χ2n) is 5.50. The van der Waals surface area contributed by atoms with Gasteiger partial charge in [0, 0.05) is 23.2 Å². The lowest BCUT2D eigenvalue weighted by Crippen LogP contribution is -2.42. The Morgan fingerprint density at radius 2 is 1.62 bits per heavy atom. The molecule has 1 aromatic heterocycles. The van der Waals surface area contributed by atoms with E-state index in [0.717, 1.165) is 16.7 Å². The summed E-state index contributed by atoms with van der Waals surface area (Å²) in [6, 6.07) is 21.6. The third-order valence-electron chi connectivity index (χ3n) is 3.73. The zero-order chi connectivity index (χ0) is 16.8. The second-order valence-corrected chi connectivity index (χ2v) is 5.91. The molecule has 24 heavy (non-hydrogen) atoms. The van der Waals surface area contributed by atoms with Gasteiger partial charge in [-0.25, -0.2) is 0 Å². The number of amides is 1. The summed E-state index contributed by atoms with van der Waals surface area (Å²) in [6.45, 7) is 0.697. The zero-order valence-corrected chi connectivity index (χ0v) is 13.9. The van der Waals surface area contributed by atoms with Crippen molar-refractivity contribution in [1.82, 2.24) is 5.32 Å². The molecule has 0 saturated heterocycles. The second kappa shape index (κ2) is 7.75. The maximum Gasteiger partial charge on any atom is 0.286 e. The number of hydrogen-bond donors (Lipinski definition) is 1. The van der Waals surface area contributed by atoms with Crippen LogP contribution in [0.25, 0.3) is 11.1 Å². The van der Waals surface area contributed by atoms with E-state index >= 15 is 0 Å². The number of nitrogens with one attached hydrogen (secondary N) is 1. The molecule has 0 radical (unpaired) electrons. The fourth-order valence-corrected chi connectivity index (χ4v) is 2.68. The first-order valence-corrected chi connectivity index (χ1v) is 8.15. The van der Waals surface area contributed by atoms with Gasteiger partial charge in [0.05, 0.1) is 0 Å². The lowest BCUT2D eigenvalue weighted by atomic mass is 10.1. The van der Waals surface area contributed by atoms with Crippen molar-refractivity contribution >= 4 is 17.5 Å². The van der Waals surface area contributed by atoms with E-state index in [2.05, 4.69) is 17.4 Å². The van der Waals surface area contributed by atoms with Gasteiger partial charge < -0.3 is 5.32 Å². The predicted molar refractivity (Wildman–Crippen MR) is 95.4 cm³/mol. The summed E-state index contributed by atoms with van der Waals surface area (Å²) in [4.78, 5) is 12.2. The number of rotatable bonds is 5. The highest BCUT2D eigenvalue weighted by atomic mass is 35.5. The van der Waals surface area contributed by atoms with E-state index in [4.69, 9.17) is 11.6 Å². The van der Waals surface area contributed by atoms with E-state index in [9.17, 15) is 4.79 Å². The summed E-state index contributed by atoms with van der Waals surface area (Å²) in [5, 5.41) is 3.57. The molecule has 0 spiro atoms. The molecule has 0 unspecified atom stereocenters. The largest absolute Gasteiger partial charge is 0.346 e. The van der Waals surface area contributed by atoms with Gasteiger partial charge in [-0.2, -0.15) is 4.57 Å². The molecule has 3 rings (SSSR count). The van der Waals surface area contributed by atoms with Crippen LogP contribution in [-0.4, -0.2) is 5.91 Å². The summed E-state index contributed by atoms with van der Waals surface area (Å²) in [5.41, 5.74) is 3.12. The van der Waals surface area contributed by atoms with Gasteiger partial charge in [0.15, 0.2) is 12.4 Å². The van der Waals surface area contributed by atoms with Crippen molar-refractivity contribution in [2.24, 2.45) is 0 Å². The molecule has 0 saturated carbocycles. The van der Waals surface area contributed by atoms with E-state index in [-0.39, 0.29) is 12.5 Å². The lowest BCUT2D eigenvalue weighted by Gasteiger charge is -2.06. The Bertz CT molecular complexity index is 834. The minimum absolute atomic E-state index is 0.0508. The molecule has 2 aromatic carbocycles. The van der Waals surface area contributed by atoms with E-state index in [0.29, 0.717) is 11.6 Å². The van der Waals surface area contributed by atoms with Crippen LogP contribution in [0.4, 0.5) is 0 Å². The average molecular weight is 338 g/mol. The third-order valence-corrected chi connectivity index (χ3v) is 4.09. The molecule has 1 N–H and O–H groups in total. The number of halogens is 1. The first kappa shape index (κ1) is 16.2. The van der Waals surface area contributed by atoms with Crippen molar-refractivity contribution in [2.75, 3.05) is 0 Å². The van der Waals surface area contributed by atoms with Crippen LogP contribution in [0.1, 0.15) is 5.56 Å². The number of benzene rings is 2. The molecule has 120 valence electrons. The quantitative estimate of drug-likeness (QED) is 0.709. The number of aromatic nitrogens is 1. The van der Waals surface area contributed by atoms with Crippen LogP contribution in [0.15, 0.2) is 79.1 Å². The highest BCUT2D eigenvalue weighted by Gasteiger charge is 2.11. The maximum atomic E-state index is 12.2. The molecule has 0 fully saturated rings. The maximum absolute atomic E-state index is 12.2. The molecule has 1 heterocycles. The first-order chi connectivity index (χ1) is 11.7. The minimum Gasteiger partial charge on any atom is -0.346 e. The Morgan fingerprint density at radius 1 is 0.917 bits per heavy atom. The molecule has 0 bridgehead atoms. The van der Waals surface area contributed by atoms with E-state index in [1.807, 2.05) is 71.6 Å². The molecule has 0 aliphatic heterocycles. The standard InChI is InChI=1S/C20H17ClN2O/c21-19-11-5-4-9-17(19)13-22-20(24)15-23-12-6-10-18(14-23)16-7-2-1-3-8-16/h1-12,14H,13,15H2/p+1. The summed E-state index contributed by atoms with van der Waals surface area (Å²) in [6.07, 6.45) is 3.87. The van der Waals surface area contributed by atoms with Crippen LogP contribution in [0.3, 0.4) is 0 Å². The Morgan fingerprint density at radius 3 is 2.42 bits per heavy atom. The third kappa shape index (κ3) is 4.21. The van der Waals surface area contributed by atoms with Gasteiger partial charge >= 0.3 is 0 Å². The van der Waals surface area contributed by atoms with Crippen LogP contribution >= 0.6 is 11.6 Å². The van der Waals surface area contributed by atoms with Gasteiger partial charge in [-0.3, -0.25) is 4.79 Å². The van der Waals surface area contributed by atoms with Crippen LogP contribution in [0.5, 0.6) is 0 Å². The van der Waals surface area contributed by atoms with Crippen molar-refractivity contribution < 1.29 is 9.36 Å². The SMILES string of the molecule is O=C(C[n+]1cccc(-c2ccccc2)c1)NCc1ccccc1Cl. The number of carbonyl (C=O) groups is 1. The Kier molecular flexibility index (Phi) is 5.24. The molecule has 3 aromatic rings. The molecular weight excluding hydrogens is 320 g/mol. The molecule has 0 aliphatic carbocycles. The van der Waals surface area contributed by atoms with Crippen molar-refractivity contribution in [3.63, 3.8) is 0 Å². The fourth-order valence-electron chi connectivity index (χ4n) is 2.48. The number of carbonyl (C=O) groups excluding carboxylic acids is 1. The van der Waals surface area contributed by atoms with Crippen LogP contribution in [-0.2, 0) is 17.9 Å². The van der Waals surface area contributed by atoms with E-state index < -0.39 is 0 Å². The predicted octanol–water partition coefficient (Wildman–Crippen LogP) is 3.61. The van der Waals surface area contributed by atoms with Crippen LogP contribution < -0.4 is 9.88 Å². The van der Waals surface area contributed by atoms with Gasteiger partial charge in [0.25, 0.3) is 5.91 Å². The van der Waals surface area contributed by atoms with Crippen LogP contribution in [0.2, 0.25) is 5.02 Å². The Balaban J connectivity index is 1.64. The highest BCUT2D eigenvalue weighted by molar-refractivity contribution is 6.31. The Hall–Kier alpha value is -2.65. The molecular formula is C20H18ClN2O+. The highest BCUT2D eigenvalue weighted by Crippen LogP contribution is 2.16. The van der Waals surface area contributed by atoms with Crippen molar-refractivity contribution in [3.05, 3.63) is 89.7 Å².